The molecular weight excluding hydrogens is 318 g/mol. The number of hydrogen-bond donors (Lipinski definition) is 2. The highest BCUT2D eigenvalue weighted by Crippen LogP contribution is 2.23. The molecule has 0 bridgehead atoms. The van der Waals surface area contributed by atoms with Gasteiger partial charge in [-0.1, -0.05) is 6.07 Å². The number of carbonyl (C=O) groups excluding carboxylic acids is 1. The summed E-state index contributed by atoms with van der Waals surface area (Å²) in [7, 11) is 0. The third-order valence-corrected chi connectivity index (χ3v) is 5.06. The van der Waals surface area contributed by atoms with Crippen molar-refractivity contribution in [2.75, 3.05) is 23.3 Å². The Balaban J connectivity index is 1.48. The Kier molecular flexibility index (Phi) is 5.88. The minimum Gasteiger partial charge on any atom is -0.371 e. The molecule has 1 saturated heterocycles. The van der Waals surface area contributed by atoms with Gasteiger partial charge in [-0.15, -0.1) is 0 Å². The van der Waals surface area contributed by atoms with Gasteiger partial charge in [0.05, 0.1) is 0 Å². The van der Waals surface area contributed by atoms with Crippen LogP contribution in [-0.4, -0.2) is 25.0 Å². The Bertz CT molecular complexity index is 650. The highest BCUT2D eigenvalue weighted by molar-refractivity contribution is 7.07. The van der Waals surface area contributed by atoms with Crippen LogP contribution in [0.15, 0.2) is 41.1 Å². The van der Waals surface area contributed by atoms with E-state index in [1.165, 1.54) is 24.1 Å². The first-order chi connectivity index (χ1) is 11.7. The van der Waals surface area contributed by atoms with Crippen LogP contribution < -0.4 is 15.5 Å². The van der Waals surface area contributed by atoms with Crippen molar-refractivity contribution < 1.29 is 4.79 Å². The molecule has 24 heavy (non-hydrogen) atoms. The van der Waals surface area contributed by atoms with Gasteiger partial charge in [0.1, 0.15) is 0 Å². The smallest absolute Gasteiger partial charge is 0.225 e. The van der Waals surface area contributed by atoms with Crippen LogP contribution in [0.5, 0.6) is 0 Å². The van der Waals surface area contributed by atoms with Gasteiger partial charge in [-0.25, -0.2) is 0 Å². The molecular formula is C19H25N3OS. The Labute approximate surface area is 147 Å². The highest BCUT2D eigenvalue weighted by atomic mass is 32.1. The van der Waals surface area contributed by atoms with Crippen molar-refractivity contribution >= 4 is 28.6 Å². The highest BCUT2D eigenvalue weighted by Gasteiger charge is 2.13. The first-order valence-corrected chi connectivity index (χ1v) is 9.54. The maximum Gasteiger partial charge on any atom is 0.225 e. The topological polar surface area (TPSA) is 44.4 Å². The number of hydrogen-bond acceptors (Lipinski definition) is 4. The lowest BCUT2D eigenvalue weighted by Gasteiger charge is -2.19. The maximum atomic E-state index is 12.3. The predicted molar refractivity (Wildman–Crippen MR) is 102 cm³/mol. The molecule has 1 aromatic carbocycles. The molecule has 1 aliphatic heterocycles. The minimum atomic E-state index is 0.0545. The normalized spacial score (nSPS) is 15.5. The second-order valence-corrected chi connectivity index (χ2v) is 7.19. The number of nitrogens with one attached hydrogen (secondary N) is 2. The maximum absolute atomic E-state index is 12.3. The number of benzene rings is 1. The van der Waals surface area contributed by atoms with Gasteiger partial charge in [-0.3, -0.25) is 4.79 Å². The summed E-state index contributed by atoms with van der Waals surface area (Å²) in [4.78, 5) is 14.6. The second kappa shape index (κ2) is 8.31. The lowest BCUT2D eigenvalue weighted by molar-refractivity contribution is -0.116. The zero-order chi connectivity index (χ0) is 16.8. The van der Waals surface area contributed by atoms with Gasteiger partial charge in [0.2, 0.25) is 5.91 Å². The minimum absolute atomic E-state index is 0.0545. The largest absolute Gasteiger partial charge is 0.371 e. The second-order valence-electron chi connectivity index (χ2n) is 6.41. The van der Waals surface area contributed by atoms with Gasteiger partial charge in [0, 0.05) is 43.5 Å². The van der Waals surface area contributed by atoms with Crippen LogP contribution in [0, 0.1) is 0 Å². The molecule has 1 unspecified atom stereocenters. The van der Waals surface area contributed by atoms with Crippen LogP contribution >= 0.6 is 11.3 Å². The average molecular weight is 343 g/mol. The van der Waals surface area contributed by atoms with Crippen molar-refractivity contribution in [1.82, 2.24) is 5.32 Å². The van der Waals surface area contributed by atoms with E-state index < -0.39 is 0 Å². The van der Waals surface area contributed by atoms with Gasteiger partial charge < -0.3 is 15.5 Å². The van der Waals surface area contributed by atoms with Crippen molar-refractivity contribution in [2.24, 2.45) is 0 Å². The average Bonchev–Trinajstić information content (AvgIpc) is 3.27. The van der Waals surface area contributed by atoms with Crippen LogP contribution in [0.1, 0.15) is 31.7 Å². The number of thiophene rings is 1. The van der Waals surface area contributed by atoms with E-state index in [1.807, 2.05) is 19.1 Å². The zero-order valence-electron chi connectivity index (χ0n) is 14.1. The molecule has 5 heteroatoms. The van der Waals surface area contributed by atoms with Crippen LogP contribution in [0.2, 0.25) is 0 Å². The number of amides is 1. The molecule has 3 rings (SSSR count). The summed E-state index contributed by atoms with van der Waals surface area (Å²) in [5.41, 5.74) is 3.36. The third-order valence-electron chi connectivity index (χ3n) is 4.33. The fourth-order valence-corrected chi connectivity index (χ4v) is 3.67. The van der Waals surface area contributed by atoms with Gasteiger partial charge in [0.15, 0.2) is 0 Å². The van der Waals surface area contributed by atoms with Gasteiger partial charge >= 0.3 is 0 Å². The number of nitrogens with zero attached hydrogens (tertiary/aromatic N) is 1. The molecule has 128 valence electrons. The molecule has 1 aliphatic rings. The van der Waals surface area contributed by atoms with Crippen molar-refractivity contribution in [1.29, 1.82) is 0 Å². The van der Waals surface area contributed by atoms with Crippen molar-refractivity contribution in [3.05, 3.63) is 46.7 Å². The molecule has 2 aromatic rings. The summed E-state index contributed by atoms with van der Waals surface area (Å²) in [6.45, 7) is 5.08. The van der Waals surface area contributed by atoms with Gasteiger partial charge in [-0.05, 0) is 60.4 Å². The summed E-state index contributed by atoms with van der Waals surface area (Å²) in [5, 5.41) is 10.6. The summed E-state index contributed by atoms with van der Waals surface area (Å²) < 4.78 is 0. The van der Waals surface area contributed by atoms with E-state index in [2.05, 4.69) is 44.5 Å². The Morgan fingerprint density at radius 2 is 2.12 bits per heavy atom. The quantitative estimate of drug-likeness (QED) is 0.802. The number of carbonyl (C=O) groups is 1. The molecule has 0 radical (unpaired) electrons. The molecule has 1 fully saturated rings. The van der Waals surface area contributed by atoms with E-state index in [4.69, 9.17) is 0 Å². The first kappa shape index (κ1) is 17.0. The monoisotopic (exact) mass is 343 g/mol. The van der Waals surface area contributed by atoms with Crippen LogP contribution in [-0.2, 0) is 11.3 Å². The van der Waals surface area contributed by atoms with Crippen molar-refractivity contribution in [3.63, 3.8) is 0 Å². The summed E-state index contributed by atoms with van der Waals surface area (Å²) in [5.74, 6) is 0.0545. The van der Waals surface area contributed by atoms with Crippen LogP contribution in [0.3, 0.4) is 0 Å². The summed E-state index contributed by atoms with van der Waals surface area (Å²) >= 11 is 1.70. The molecule has 2 N–H and O–H groups in total. The zero-order valence-corrected chi connectivity index (χ0v) is 14.9. The number of anilines is 2. The molecule has 1 amide bonds. The molecule has 2 heterocycles. The lowest BCUT2D eigenvalue weighted by atomic mass is 10.2. The van der Waals surface area contributed by atoms with Gasteiger partial charge in [-0.2, -0.15) is 11.3 Å². The van der Waals surface area contributed by atoms with E-state index in [1.54, 1.807) is 11.3 Å². The lowest BCUT2D eigenvalue weighted by Crippen LogP contribution is -2.30. The molecule has 1 atom stereocenters. The SMILES string of the molecule is CC(CC(=O)Nc1cccc(N2CCCC2)c1)NCc1ccsc1. The fraction of sp³-hybridized carbons (Fsp3) is 0.421. The molecule has 4 nitrogen and oxygen atoms in total. The van der Waals surface area contributed by atoms with Crippen LogP contribution in [0.25, 0.3) is 0 Å². The molecule has 0 spiro atoms. The van der Waals surface area contributed by atoms with Crippen LogP contribution in [0.4, 0.5) is 11.4 Å². The standard InChI is InChI=1S/C19H25N3OS/c1-15(20-13-16-7-10-24-14-16)11-19(23)21-17-5-4-6-18(12-17)22-8-2-3-9-22/h4-7,10,12,14-15,20H,2-3,8-9,11,13H2,1H3,(H,21,23). The van der Waals surface area contributed by atoms with Gasteiger partial charge in [0.25, 0.3) is 0 Å². The van der Waals surface area contributed by atoms with Crippen molar-refractivity contribution in [3.8, 4) is 0 Å². The molecule has 0 aliphatic carbocycles. The van der Waals surface area contributed by atoms with E-state index in [0.29, 0.717) is 6.42 Å². The van der Waals surface area contributed by atoms with E-state index in [-0.39, 0.29) is 11.9 Å². The first-order valence-electron chi connectivity index (χ1n) is 8.60. The Morgan fingerprint density at radius 3 is 2.88 bits per heavy atom. The van der Waals surface area contributed by atoms with E-state index in [9.17, 15) is 4.79 Å². The third kappa shape index (κ3) is 4.82. The predicted octanol–water partition coefficient (Wildman–Crippen LogP) is 3.86. The Morgan fingerprint density at radius 1 is 1.29 bits per heavy atom. The summed E-state index contributed by atoms with van der Waals surface area (Å²) in [6, 6.07) is 10.4. The molecule has 0 saturated carbocycles. The fourth-order valence-electron chi connectivity index (χ4n) is 3.00. The number of rotatable bonds is 7. The van der Waals surface area contributed by atoms with Crippen molar-refractivity contribution in [2.45, 2.75) is 38.8 Å². The summed E-state index contributed by atoms with van der Waals surface area (Å²) in [6.07, 6.45) is 2.98. The Hall–Kier alpha value is -1.85. The van der Waals surface area contributed by atoms with E-state index >= 15 is 0 Å². The van der Waals surface area contributed by atoms with E-state index in [0.717, 1.165) is 25.3 Å². The molecule has 1 aromatic heterocycles.